The summed E-state index contributed by atoms with van der Waals surface area (Å²) >= 11 is 0. The molecule has 2 aliphatic heterocycles. The highest BCUT2D eigenvalue weighted by molar-refractivity contribution is 5.72. The summed E-state index contributed by atoms with van der Waals surface area (Å²) in [5.74, 6) is 0.914. The lowest BCUT2D eigenvalue weighted by Gasteiger charge is -2.48. The Labute approximate surface area is 195 Å². The maximum atomic E-state index is 12.3. The second kappa shape index (κ2) is 9.01. The number of halogens is 3. The maximum absolute atomic E-state index is 12.3. The maximum Gasteiger partial charge on any atom is 0.422 e. The number of rotatable bonds is 4. The van der Waals surface area contributed by atoms with Crippen molar-refractivity contribution in [2.75, 3.05) is 50.8 Å². The molecule has 3 fully saturated rings. The zero-order valence-corrected chi connectivity index (χ0v) is 18.7. The van der Waals surface area contributed by atoms with Crippen LogP contribution in [0.25, 0.3) is 11.3 Å². The first-order valence-corrected chi connectivity index (χ1v) is 11.5. The molecule has 0 aromatic carbocycles. The average Bonchev–Trinajstić information content (AvgIpc) is 3.28. The van der Waals surface area contributed by atoms with Gasteiger partial charge in [-0.25, -0.2) is 9.78 Å². The minimum atomic E-state index is -4.50. The Morgan fingerprint density at radius 2 is 1.91 bits per heavy atom. The van der Waals surface area contributed by atoms with E-state index in [0.29, 0.717) is 19.1 Å². The third kappa shape index (κ3) is 4.79. The van der Waals surface area contributed by atoms with Gasteiger partial charge in [-0.2, -0.15) is 13.2 Å². The van der Waals surface area contributed by atoms with Gasteiger partial charge in [-0.3, -0.25) is 14.9 Å². The molecule has 3 aliphatic rings. The van der Waals surface area contributed by atoms with Gasteiger partial charge in [0.2, 0.25) is 0 Å². The standard InChI is InChI=1S/C23H27F3N6O2/c24-23(25,26)16-34-21(33)32-14-22(15-32)4-3-17(12-22)30-8-10-31(11-9-30)20-18(2-1-5-29-20)19-13-27-6-7-28-19/h1-2,5-7,13,17H,3-4,8-12,14-16H2. The Bertz CT molecular complexity index is 1010. The van der Waals surface area contributed by atoms with E-state index in [2.05, 4.69) is 29.5 Å². The van der Waals surface area contributed by atoms with Gasteiger partial charge in [-0.1, -0.05) is 0 Å². The first-order chi connectivity index (χ1) is 16.3. The number of anilines is 1. The summed E-state index contributed by atoms with van der Waals surface area (Å²) < 4.78 is 41.2. The molecule has 34 heavy (non-hydrogen) atoms. The Kier molecular flexibility index (Phi) is 6.05. The van der Waals surface area contributed by atoms with Crippen molar-refractivity contribution in [1.82, 2.24) is 24.8 Å². The van der Waals surface area contributed by atoms with Crippen molar-refractivity contribution in [3.63, 3.8) is 0 Å². The molecule has 4 heterocycles. The molecular formula is C23H27F3N6O2. The minimum Gasteiger partial charge on any atom is -0.440 e. The molecule has 2 saturated heterocycles. The van der Waals surface area contributed by atoms with E-state index in [0.717, 1.165) is 62.5 Å². The largest absolute Gasteiger partial charge is 0.440 e. The molecule has 11 heteroatoms. The highest BCUT2D eigenvalue weighted by Crippen LogP contribution is 2.47. The van der Waals surface area contributed by atoms with Gasteiger partial charge in [0.15, 0.2) is 6.61 Å². The van der Waals surface area contributed by atoms with Crippen molar-refractivity contribution >= 4 is 11.9 Å². The number of alkyl halides is 3. The number of pyridine rings is 1. The monoisotopic (exact) mass is 476 g/mol. The van der Waals surface area contributed by atoms with Gasteiger partial charge in [0.05, 0.1) is 11.9 Å². The van der Waals surface area contributed by atoms with Crippen LogP contribution < -0.4 is 4.90 Å². The molecular weight excluding hydrogens is 449 g/mol. The number of ether oxygens (including phenoxy) is 1. The van der Waals surface area contributed by atoms with Crippen molar-refractivity contribution in [2.45, 2.75) is 31.5 Å². The van der Waals surface area contributed by atoms with Crippen molar-refractivity contribution in [1.29, 1.82) is 0 Å². The van der Waals surface area contributed by atoms with Crippen molar-refractivity contribution in [3.05, 3.63) is 36.9 Å². The van der Waals surface area contributed by atoms with Crippen LogP contribution in [0.5, 0.6) is 0 Å². The van der Waals surface area contributed by atoms with Crippen LogP contribution >= 0.6 is 0 Å². The number of amides is 1. The summed E-state index contributed by atoms with van der Waals surface area (Å²) in [6, 6.07) is 4.35. The van der Waals surface area contributed by atoms with Crippen LogP contribution in [0, 0.1) is 5.41 Å². The first kappa shape index (κ1) is 22.8. The van der Waals surface area contributed by atoms with Gasteiger partial charge < -0.3 is 14.5 Å². The fourth-order valence-electron chi connectivity index (χ4n) is 5.49. The van der Waals surface area contributed by atoms with Gasteiger partial charge in [0.1, 0.15) is 5.82 Å². The van der Waals surface area contributed by atoms with E-state index < -0.39 is 18.9 Å². The topological polar surface area (TPSA) is 74.7 Å². The minimum absolute atomic E-state index is 0.0131. The Hall–Kier alpha value is -2.95. The quantitative estimate of drug-likeness (QED) is 0.671. The predicted octanol–water partition coefficient (Wildman–Crippen LogP) is 3.21. The van der Waals surface area contributed by atoms with E-state index in [4.69, 9.17) is 0 Å². The van der Waals surface area contributed by atoms with Gasteiger partial charge in [-0.05, 0) is 31.4 Å². The molecule has 8 nitrogen and oxygen atoms in total. The lowest BCUT2D eigenvalue weighted by Crippen LogP contribution is -2.58. The average molecular weight is 477 g/mol. The van der Waals surface area contributed by atoms with Gasteiger partial charge in [0.25, 0.3) is 0 Å². The molecule has 0 radical (unpaired) electrons. The van der Waals surface area contributed by atoms with Gasteiger partial charge in [-0.15, -0.1) is 0 Å². The fourth-order valence-corrected chi connectivity index (χ4v) is 5.49. The Morgan fingerprint density at radius 1 is 1.12 bits per heavy atom. The zero-order valence-electron chi connectivity index (χ0n) is 18.7. The van der Waals surface area contributed by atoms with Gasteiger partial charge in [0, 0.05) is 74.9 Å². The van der Waals surface area contributed by atoms with Crippen molar-refractivity contribution in [3.8, 4) is 11.3 Å². The molecule has 1 saturated carbocycles. The molecule has 1 spiro atoms. The second-order valence-electron chi connectivity index (χ2n) is 9.41. The van der Waals surface area contributed by atoms with Crippen LogP contribution in [0.1, 0.15) is 19.3 Å². The van der Waals surface area contributed by atoms with Crippen LogP contribution in [-0.4, -0.2) is 88.9 Å². The number of aromatic nitrogens is 3. The van der Waals surface area contributed by atoms with Crippen LogP contribution in [0.2, 0.25) is 0 Å². The second-order valence-corrected chi connectivity index (χ2v) is 9.41. The molecule has 1 aliphatic carbocycles. The third-order valence-corrected chi connectivity index (χ3v) is 7.10. The number of nitrogens with zero attached hydrogens (tertiary/aromatic N) is 6. The number of likely N-dealkylation sites (tertiary alicyclic amines) is 1. The third-order valence-electron chi connectivity index (χ3n) is 7.10. The molecule has 0 bridgehead atoms. The van der Waals surface area contributed by atoms with Crippen molar-refractivity contribution < 1.29 is 22.7 Å². The lowest BCUT2D eigenvalue weighted by molar-refractivity contribution is -0.165. The molecule has 182 valence electrons. The summed E-state index contributed by atoms with van der Waals surface area (Å²) in [4.78, 5) is 31.3. The highest BCUT2D eigenvalue weighted by atomic mass is 19.4. The molecule has 5 rings (SSSR count). The van der Waals surface area contributed by atoms with E-state index >= 15 is 0 Å². The molecule has 1 amide bonds. The molecule has 2 aromatic rings. The summed E-state index contributed by atoms with van der Waals surface area (Å²) in [7, 11) is 0. The van der Waals surface area contributed by atoms with Crippen LogP contribution in [0.3, 0.4) is 0 Å². The Morgan fingerprint density at radius 3 is 2.62 bits per heavy atom. The van der Waals surface area contributed by atoms with E-state index in [1.165, 1.54) is 4.90 Å². The number of carbonyl (C=O) groups is 1. The van der Waals surface area contributed by atoms with E-state index in [9.17, 15) is 18.0 Å². The lowest BCUT2D eigenvalue weighted by atomic mass is 9.78. The molecule has 2 aromatic heterocycles. The zero-order chi connectivity index (χ0) is 23.8. The SMILES string of the molecule is O=C(OCC(F)(F)F)N1CC2(CCC(N3CCN(c4ncccc4-c4cnccn4)CC3)C2)C1. The summed E-state index contributed by atoms with van der Waals surface area (Å²) in [6.45, 7) is 2.96. The first-order valence-electron chi connectivity index (χ1n) is 11.5. The van der Waals surface area contributed by atoms with E-state index in [-0.39, 0.29) is 5.41 Å². The van der Waals surface area contributed by atoms with Gasteiger partial charge >= 0.3 is 12.3 Å². The number of piperazine rings is 1. The Balaban J connectivity index is 1.13. The molecule has 0 N–H and O–H groups in total. The number of hydrogen-bond donors (Lipinski definition) is 0. The van der Waals surface area contributed by atoms with Crippen LogP contribution in [0.15, 0.2) is 36.9 Å². The van der Waals surface area contributed by atoms with Crippen LogP contribution in [-0.2, 0) is 4.74 Å². The highest BCUT2D eigenvalue weighted by Gasteiger charge is 2.51. The number of carbonyl (C=O) groups excluding carboxylic acids is 1. The summed E-state index contributed by atoms with van der Waals surface area (Å²) in [6.07, 6.45) is 4.50. The number of hydrogen-bond acceptors (Lipinski definition) is 7. The molecule has 1 unspecified atom stereocenters. The van der Waals surface area contributed by atoms with Crippen LogP contribution in [0.4, 0.5) is 23.8 Å². The summed E-state index contributed by atoms with van der Waals surface area (Å²) in [5, 5.41) is 0. The van der Waals surface area contributed by atoms with Crippen molar-refractivity contribution in [2.24, 2.45) is 5.41 Å². The van der Waals surface area contributed by atoms with E-state index in [1.54, 1.807) is 24.8 Å². The van der Waals surface area contributed by atoms with E-state index in [1.807, 2.05) is 12.1 Å². The fraction of sp³-hybridized carbons (Fsp3) is 0.565. The summed E-state index contributed by atoms with van der Waals surface area (Å²) in [5.41, 5.74) is 1.78. The smallest absolute Gasteiger partial charge is 0.422 e. The molecule has 1 atom stereocenters. The normalized spacial score (nSPS) is 22.6. The predicted molar refractivity (Wildman–Crippen MR) is 118 cm³/mol.